The molecule has 0 spiro atoms. The first-order chi connectivity index (χ1) is 25.3. The third-order valence-corrected chi connectivity index (χ3v) is 11.1. The van der Waals surface area contributed by atoms with E-state index in [1.54, 1.807) is 0 Å². The summed E-state index contributed by atoms with van der Waals surface area (Å²) in [6, 6.07) is 57.7. The molecule has 0 amide bonds. The van der Waals surface area contributed by atoms with Gasteiger partial charge in [0.05, 0.1) is 33.3 Å². The standard InChI is InChI=1S/C48H27N3/c1-2-10-35-33(8-1)34-9-3-4-11-36(34)42-25-30(16-20-37(35)42)31-17-21-38-40-12-5-13-41-39-22-18-32(27-45(39)51(48(40)41)44(38)26-31)43-23-19-29-15-14-28-7-6-24-49-46(28)47(29)50-43/h1-27H. The van der Waals surface area contributed by atoms with Gasteiger partial charge in [0.15, 0.2) is 0 Å². The van der Waals surface area contributed by atoms with Crippen molar-refractivity contribution in [1.82, 2.24) is 14.4 Å². The largest absolute Gasteiger partial charge is 0.308 e. The first kappa shape index (κ1) is 27.0. The number of para-hydroxylation sites is 1. The smallest absolute Gasteiger partial charge is 0.0972 e. The summed E-state index contributed by atoms with van der Waals surface area (Å²) < 4.78 is 2.48. The average Bonchev–Trinajstić information content (AvgIpc) is 3.72. The number of hydrogen-bond acceptors (Lipinski definition) is 2. The molecule has 234 valence electrons. The third kappa shape index (κ3) is 3.67. The molecule has 4 heterocycles. The third-order valence-electron chi connectivity index (χ3n) is 11.1. The van der Waals surface area contributed by atoms with E-state index in [0.29, 0.717) is 0 Å². The SMILES string of the molecule is c1cnc2c(c1)ccc1ccc(-c3ccc4c5cccc6c7ccc(-c8ccc9c%10ccccc%10c%10ccccc%10c9c8)cc7n(c4c3)c65)nc12. The van der Waals surface area contributed by atoms with Crippen LogP contribution in [-0.2, 0) is 0 Å². The summed E-state index contributed by atoms with van der Waals surface area (Å²) in [5.41, 5.74) is 10.0. The van der Waals surface area contributed by atoms with Crippen LogP contribution in [0.1, 0.15) is 0 Å². The number of aromatic nitrogens is 3. The molecular formula is C48H27N3. The molecule has 0 saturated heterocycles. The van der Waals surface area contributed by atoms with Crippen LogP contribution in [0, 0.1) is 0 Å². The minimum Gasteiger partial charge on any atom is -0.308 e. The van der Waals surface area contributed by atoms with E-state index >= 15 is 0 Å². The van der Waals surface area contributed by atoms with Crippen molar-refractivity contribution in [3.63, 3.8) is 0 Å². The van der Waals surface area contributed by atoms with Gasteiger partial charge >= 0.3 is 0 Å². The quantitative estimate of drug-likeness (QED) is 0.175. The predicted molar refractivity (Wildman–Crippen MR) is 215 cm³/mol. The van der Waals surface area contributed by atoms with E-state index in [-0.39, 0.29) is 0 Å². The summed E-state index contributed by atoms with van der Waals surface area (Å²) in [5.74, 6) is 0. The zero-order chi connectivity index (χ0) is 33.2. The second-order valence-corrected chi connectivity index (χ2v) is 13.8. The van der Waals surface area contributed by atoms with Gasteiger partial charge in [0.25, 0.3) is 0 Å². The molecule has 51 heavy (non-hydrogen) atoms. The van der Waals surface area contributed by atoms with E-state index in [1.165, 1.54) is 81.5 Å². The lowest BCUT2D eigenvalue weighted by Crippen LogP contribution is -1.89. The van der Waals surface area contributed by atoms with Crippen LogP contribution in [0.15, 0.2) is 164 Å². The molecule has 0 saturated carbocycles. The van der Waals surface area contributed by atoms with E-state index in [2.05, 4.69) is 156 Å². The first-order valence-corrected chi connectivity index (χ1v) is 17.5. The first-order valence-electron chi connectivity index (χ1n) is 17.5. The maximum Gasteiger partial charge on any atom is 0.0972 e. The Morgan fingerprint density at radius 3 is 1.59 bits per heavy atom. The maximum absolute atomic E-state index is 5.19. The Morgan fingerprint density at radius 2 is 0.882 bits per heavy atom. The molecule has 0 unspecified atom stereocenters. The summed E-state index contributed by atoms with van der Waals surface area (Å²) in [5, 5.41) is 15.0. The Labute approximate surface area is 292 Å². The fraction of sp³-hybridized carbons (Fsp3) is 0. The second kappa shape index (κ2) is 9.87. The van der Waals surface area contributed by atoms with Gasteiger partial charge in [0.2, 0.25) is 0 Å². The second-order valence-electron chi connectivity index (χ2n) is 13.8. The van der Waals surface area contributed by atoms with Gasteiger partial charge in [-0.3, -0.25) is 4.98 Å². The molecule has 3 nitrogen and oxygen atoms in total. The molecule has 0 bridgehead atoms. The van der Waals surface area contributed by atoms with Crippen molar-refractivity contribution in [2.24, 2.45) is 0 Å². The van der Waals surface area contributed by atoms with Gasteiger partial charge in [0, 0.05) is 44.1 Å². The molecule has 0 aliphatic heterocycles. The Hall–Kier alpha value is -6.84. The number of benzene rings is 8. The van der Waals surface area contributed by atoms with Crippen molar-refractivity contribution in [2.45, 2.75) is 0 Å². The van der Waals surface area contributed by atoms with Crippen LogP contribution in [0.2, 0.25) is 0 Å². The van der Waals surface area contributed by atoms with Gasteiger partial charge in [-0.2, -0.15) is 0 Å². The van der Waals surface area contributed by atoms with Crippen LogP contribution in [0.5, 0.6) is 0 Å². The summed E-state index contributed by atoms with van der Waals surface area (Å²) >= 11 is 0. The van der Waals surface area contributed by atoms with E-state index in [1.807, 2.05) is 12.3 Å². The van der Waals surface area contributed by atoms with Crippen LogP contribution in [0.3, 0.4) is 0 Å². The lowest BCUT2D eigenvalue weighted by molar-refractivity contribution is 1.35. The van der Waals surface area contributed by atoms with E-state index in [4.69, 9.17) is 9.97 Å². The number of fused-ring (bicyclic) bond motifs is 15. The van der Waals surface area contributed by atoms with Crippen LogP contribution < -0.4 is 0 Å². The molecule has 0 N–H and O–H groups in total. The highest BCUT2D eigenvalue weighted by molar-refractivity contribution is 6.26. The van der Waals surface area contributed by atoms with Gasteiger partial charge in [-0.1, -0.05) is 127 Å². The Bertz CT molecular complexity index is 3390. The fourth-order valence-corrected chi connectivity index (χ4v) is 8.79. The van der Waals surface area contributed by atoms with Crippen molar-refractivity contribution in [2.75, 3.05) is 0 Å². The number of hydrogen-bond donors (Lipinski definition) is 0. The highest BCUT2D eigenvalue weighted by atomic mass is 14.9. The molecule has 4 aromatic heterocycles. The van der Waals surface area contributed by atoms with Crippen molar-refractivity contribution in [3.8, 4) is 22.4 Å². The zero-order valence-electron chi connectivity index (χ0n) is 27.4. The molecule has 0 atom stereocenters. The predicted octanol–water partition coefficient (Wildman–Crippen LogP) is 12.7. The minimum absolute atomic E-state index is 0.934. The summed E-state index contributed by atoms with van der Waals surface area (Å²) in [6.07, 6.45) is 1.85. The van der Waals surface area contributed by atoms with Crippen LogP contribution in [0.25, 0.3) is 115 Å². The van der Waals surface area contributed by atoms with Gasteiger partial charge in [0.1, 0.15) is 0 Å². The van der Waals surface area contributed by atoms with E-state index in [0.717, 1.165) is 33.1 Å². The number of pyridine rings is 2. The summed E-state index contributed by atoms with van der Waals surface area (Å²) in [4.78, 5) is 9.89. The van der Waals surface area contributed by atoms with Gasteiger partial charge in [-0.05, 0) is 73.8 Å². The number of nitrogens with zero attached hydrogens (tertiary/aromatic N) is 3. The molecule has 0 fully saturated rings. The highest BCUT2D eigenvalue weighted by Gasteiger charge is 2.19. The Balaban J connectivity index is 1.09. The normalized spacial score (nSPS) is 12.3. The Morgan fingerprint density at radius 1 is 0.353 bits per heavy atom. The molecular weight excluding hydrogens is 619 g/mol. The molecule has 3 heteroatoms. The lowest BCUT2D eigenvalue weighted by Gasteiger charge is -2.12. The average molecular weight is 646 g/mol. The topological polar surface area (TPSA) is 30.2 Å². The molecule has 0 radical (unpaired) electrons. The molecule has 12 rings (SSSR count). The molecule has 0 aliphatic rings. The van der Waals surface area contributed by atoms with Gasteiger partial charge in [-0.25, -0.2) is 4.98 Å². The molecule has 0 aliphatic carbocycles. The van der Waals surface area contributed by atoms with Gasteiger partial charge < -0.3 is 4.40 Å². The van der Waals surface area contributed by atoms with Crippen molar-refractivity contribution < 1.29 is 0 Å². The van der Waals surface area contributed by atoms with E-state index < -0.39 is 0 Å². The van der Waals surface area contributed by atoms with Crippen molar-refractivity contribution in [1.29, 1.82) is 0 Å². The van der Waals surface area contributed by atoms with Crippen molar-refractivity contribution >= 4 is 92.2 Å². The van der Waals surface area contributed by atoms with Crippen LogP contribution >= 0.6 is 0 Å². The van der Waals surface area contributed by atoms with E-state index in [9.17, 15) is 0 Å². The van der Waals surface area contributed by atoms with Crippen molar-refractivity contribution in [3.05, 3.63) is 164 Å². The summed E-state index contributed by atoms with van der Waals surface area (Å²) in [7, 11) is 0. The molecule has 12 aromatic rings. The monoisotopic (exact) mass is 645 g/mol. The molecule has 8 aromatic carbocycles. The maximum atomic E-state index is 5.19. The zero-order valence-corrected chi connectivity index (χ0v) is 27.4. The Kier molecular flexibility index (Phi) is 5.23. The fourth-order valence-electron chi connectivity index (χ4n) is 8.79. The number of rotatable bonds is 2. The van der Waals surface area contributed by atoms with Gasteiger partial charge in [-0.15, -0.1) is 0 Å². The van der Waals surface area contributed by atoms with Crippen LogP contribution in [0.4, 0.5) is 0 Å². The summed E-state index contributed by atoms with van der Waals surface area (Å²) in [6.45, 7) is 0. The minimum atomic E-state index is 0.934. The van der Waals surface area contributed by atoms with Crippen LogP contribution in [-0.4, -0.2) is 14.4 Å². The highest BCUT2D eigenvalue weighted by Crippen LogP contribution is 2.42. The lowest BCUT2D eigenvalue weighted by atomic mass is 9.92.